The highest BCUT2D eigenvalue weighted by Crippen LogP contribution is 2.36. The molecule has 7 heteroatoms. The Morgan fingerprint density at radius 1 is 0.973 bits per heavy atom. The first-order valence-electron chi connectivity index (χ1n) is 12.1. The van der Waals surface area contributed by atoms with Gasteiger partial charge >= 0.3 is 0 Å². The minimum Gasteiger partial charge on any atom is -0.489 e. The van der Waals surface area contributed by atoms with Crippen molar-refractivity contribution in [1.29, 1.82) is 0 Å². The van der Waals surface area contributed by atoms with E-state index in [4.69, 9.17) is 4.74 Å². The highest BCUT2D eigenvalue weighted by Gasteiger charge is 2.33. The summed E-state index contributed by atoms with van der Waals surface area (Å²) in [6.07, 6.45) is 1.49. The number of ether oxygens (including phenoxy) is 1. The van der Waals surface area contributed by atoms with Crippen LogP contribution in [0.5, 0.6) is 5.75 Å². The Morgan fingerprint density at radius 2 is 1.76 bits per heavy atom. The predicted molar refractivity (Wildman–Crippen MR) is 144 cm³/mol. The number of rotatable bonds is 6. The summed E-state index contributed by atoms with van der Waals surface area (Å²) in [6, 6.07) is 31.3. The van der Waals surface area contributed by atoms with Crippen molar-refractivity contribution in [2.24, 2.45) is 0 Å². The fraction of sp³-hybridized carbons (Fsp3) is 0.100. The molecule has 6 rings (SSSR count). The van der Waals surface area contributed by atoms with E-state index in [0.717, 1.165) is 22.5 Å². The summed E-state index contributed by atoms with van der Waals surface area (Å²) >= 11 is 0. The van der Waals surface area contributed by atoms with Crippen LogP contribution in [0.4, 0.5) is 11.6 Å². The molecule has 0 radical (unpaired) electrons. The summed E-state index contributed by atoms with van der Waals surface area (Å²) < 4.78 is 7.97. The molecule has 2 N–H and O–H groups in total. The molecule has 0 bridgehead atoms. The zero-order chi connectivity index (χ0) is 25.2. The number of carbonyl (C=O) groups is 1. The fourth-order valence-electron chi connectivity index (χ4n) is 4.77. The van der Waals surface area contributed by atoms with Gasteiger partial charge in [-0.2, -0.15) is 10.1 Å². The quantitative estimate of drug-likeness (QED) is 0.310. The molecule has 1 aliphatic heterocycles. The lowest BCUT2D eigenvalue weighted by molar-refractivity contribution is -0.113. The molecule has 1 aliphatic rings. The number of anilines is 2. The predicted octanol–water partition coefficient (Wildman–Crippen LogP) is 5.94. The van der Waals surface area contributed by atoms with Crippen LogP contribution in [0.1, 0.15) is 24.1 Å². The second-order valence-corrected chi connectivity index (χ2v) is 8.91. The number of para-hydroxylation sites is 1. The van der Waals surface area contributed by atoms with E-state index in [0.29, 0.717) is 23.9 Å². The van der Waals surface area contributed by atoms with Crippen LogP contribution in [0.3, 0.4) is 0 Å². The van der Waals surface area contributed by atoms with Gasteiger partial charge in [-0.15, -0.1) is 0 Å². The third kappa shape index (κ3) is 4.43. The zero-order valence-corrected chi connectivity index (χ0v) is 20.3. The lowest BCUT2D eigenvalue weighted by atomic mass is 9.95. The Hall–Kier alpha value is -4.91. The van der Waals surface area contributed by atoms with Crippen LogP contribution in [0.15, 0.2) is 115 Å². The molecule has 0 spiro atoms. The van der Waals surface area contributed by atoms with Gasteiger partial charge in [0.1, 0.15) is 24.7 Å². The van der Waals surface area contributed by atoms with E-state index in [1.807, 2.05) is 79.7 Å². The summed E-state index contributed by atoms with van der Waals surface area (Å²) in [5.74, 6) is 1.09. The molecule has 1 atom stereocenters. The van der Waals surface area contributed by atoms with Gasteiger partial charge in [-0.3, -0.25) is 4.79 Å². The summed E-state index contributed by atoms with van der Waals surface area (Å²) in [6.45, 7) is 2.31. The Bertz CT molecular complexity index is 1620. The number of aromatic nitrogens is 3. The smallest absolute Gasteiger partial charge is 0.255 e. The van der Waals surface area contributed by atoms with E-state index in [-0.39, 0.29) is 5.91 Å². The van der Waals surface area contributed by atoms with Crippen LogP contribution >= 0.6 is 0 Å². The van der Waals surface area contributed by atoms with Gasteiger partial charge in [-0.25, -0.2) is 4.68 Å². The van der Waals surface area contributed by atoms with Gasteiger partial charge in [-0.1, -0.05) is 72.8 Å². The van der Waals surface area contributed by atoms with Crippen LogP contribution < -0.4 is 15.4 Å². The van der Waals surface area contributed by atoms with Crippen LogP contribution in [0.2, 0.25) is 0 Å². The summed E-state index contributed by atoms with van der Waals surface area (Å²) in [7, 11) is 0. The lowest BCUT2D eigenvalue weighted by Crippen LogP contribution is -2.31. The van der Waals surface area contributed by atoms with Gasteiger partial charge in [-0.05, 0) is 53.1 Å². The third-order valence-corrected chi connectivity index (χ3v) is 6.52. The molecule has 182 valence electrons. The molecule has 7 nitrogen and oxygen atoms in total. The van der Waals surface area contributed by atoms with Gasteiger partial charge in [0.25, 0.3) is 5.91 Å². The lowest BCUT2D eigenvalue weighted by Gasteiger charge is -2.29. The molecule has 1 amide bonds. The van der Waals surface area contributed by atoms with Crippen molar-refractivity contribution in [2.45, 2.75) is 19.6 Å². The van der Waals surface area contributed by atoms with Crippen molar-refractivity contribution in [3.8, 4) is 5.75 Å². The Labute approximate surface area is 214 Å². The SMILES string of the molecule is CC1=C(C(=O)Nc2ccccc2)[C@H](c2cccc(OCc3cccc4ccccc34)c2)n2ncnc2N1. The molecule has 37 heavy (non-hydrogen) atoms. The number of nitrogens with one attached hydrogen (secondary N) is 2. The standard InChI is InChI=1S/C30H25N5O2/c1-20-27(29(36)34-24-13-3-2-4-14-24)28(35-30(33-20)31-19-32-35)22-11-8-15-25(17-22)37-18-23-12-7-10-21-9-5-6-16-26(21)23/h2-17,19,28H,18H2,1H3,(H,34,36)(H,31,32,33)/t28-/m0/s1. The van der Waals surface area contributed by atoms with Crippen LogP contribution in [0.25, 0.3) is 10.8 Å². The van der Waals surface area contributed by atoms with Crippen LogP contribution in [-0.2, 0) is 11.4 Å². The van der Waals surface area contributed by atoms with E-state index >= 15 is 0 Å². The summed E-state index contributed by atoms with van der Waals surface area (Å²) in [5.41, 5.74) is 4.00. The number of allylic oxidation sites excluding steroid dienone is 1. The Balaban J connectivity index is 1.32. The maximum absolute atomic E-state index is 13.5. The number of carbonyl (C=O) groups excluding carboxylic acids is 1. The van der Waals surface area contributed by atoms with Gasteiger partial charge in [0.15, 0.2) is 0 Å². The minimum atomic E-state index is -0.469. The number of hydrogen-bond donors (Lipinski definition) is 2. The average Bonchev–Trinajstić information content (AvgIpc) is 3.40. The molecule has 0 aliphatic carbocycles. The largest absolute Gasteiger partial charge is 0.489 e. The van der Waals surface area contributed by atoms with Crippen molar-refractivity contribution >= 4 is 28.3 Å². The Morgan fingerprint density at radius 3 is 2.65 bits per heavy atom. The molecular weight excluding hydrogens is 462 g/mol. The van der Waals surface area contributed by atoms with Crippen LogP contribution in [0, 0.1) is 0 Å². The first kappa shape index (κ1) is 22.5. The van der Waals surface area contributed by atoms with Gasteiger partial charge in [0.05, 0.1) is 5.57 Å². The molecule has 0 saturated carbocycles. The topological polar surface area (TPSA) is 81.1 Å². The highest BCUT2D eigenvalue weighted by molar-refractivity contribution is 6.06. The van der Waals surface area contributed by atoms with Gasteiger partial charge < -0.3 is 15.4 Å². The van der Waals surface area contributed by atoms with Crippen molar-refractivity contribution in [2.75, 3.05) is 10.6 Å². The minimum absolute atomic E-state index is 0.204. The molecule has 1 aromatic heterocycles. The first-order valence-corrected chi connectivity index (χ1v) is 12.1. The highest BCUT2D eigenvalue weighted by atomic mass is 16.5. The maximum atomic E-state index is 13.5. The summed E-state index contributed by atoms with van der Waals surface area (Å²) in [5, 5.41) is 13.0. The number of amides is 1. The Kier molecular flexibility index (Phi) is 5.86. The third-order valence-electron chi connectivity index (χ3n) is 6.52. The normalized spacial score (nSPS) is 14.7. The molecule has 0 fully saturated rings. The molecular formula is C30H25N5O2. The van der Waals surface area contributed by atoms with Crippen molar-refractivity contribution in [3.63, 3.8) is 0 Å². The van der Waals surface area contributed by atoms with E-state index < -0.39 is 6.04 Å². The molecule has 0 saturated heterocycles. The average molecular weight is 488 g/mol. The fourth-order valence-corrected chi connectivity index (χ4v) is 4.77. The van der Waals surface area contributed by atoms with Crippen molar-refractivity contribution < 1.29 is 9.53 Å². The second-order valence-electron chi connectivity index (χ2n) is 8.91. The monoisotopic (exact) mass is 487 g/mol. The van der Waals surface area contributed by atoms with Crippen molar-refractivity contribution in [1.82, 2.24) is 14.8 Å². The van der Waals surface area contributed by atoms with Crippen LogP contribution in [-0.4, -0.2) is 20.7 Å². The van der Waals surface area contributed by atoms with Crippen molar-refractivity contribution in [3.05, 3.63) is 126 Å². The van der Waals surface area contributed by atoms with E-state index in [1.54, 1.807) is 4.68 Å². The number of nitrogens with zero attached hydrogens (tertiary/aromatic N) is 3. The first-order chi connectivity index (χ1) is 18.2. The molecule has 0 unspecified atom stereocenters. The molecule has 4 aromatic carbocycles. The number of fused-ring (bicyclic) bond motifs is 2. The second kappa shape index (κ2) is 9.62. The van der Waals surface area contributed by atoms with E-state index in [2.05, 4.69) is 45.0 Å². The number of benzene rings is 4. The zero-order valence-electron chi connectivity index (χ0n) is 20.3. The summed E-state index contributed by atoms with van der Waals surface area (Å²) in [4.78, 5) is 17.8. The van der Waals surface area contributed by atoms with Gasteiger partial charge in [0.2, 0.25) is 5.95 Å². The van der Waals surface area contributed by atoms with E-state index in [1.165, 1.54) is 17.1 Å². The number of hydrogen-bond acceptors (Lipinski definition) is 5. The van der Waals surface area contributed by atoms with Gasteiger partial charge in [0, 0.05) is 11.4 Å². The molecule has 2 heterocycles. The van der Waals surface area contributed by atoms with E-state index in [9.17, 15) is 4.79 Å². The maximum Gasteiger partial charge on any atom is 0.255 e. The molecule has 5 aromatic rings.